The zero-order valence-corrected chi connectivity index (χ0v) is 10.6. The van der Waals surface area contributed by atoms with Crippen molar-refractivity contribution in [2.75, 3.05) is 17.3 Å². The molecule has 0 atom stereocenters. The van der Waals surface area contributed by atoms with Crippen molar-refractivity contribution in [3.05, 3.63) is 30.5 Å². The number of nitrogen functional groups attached to an aromatic ring is 1. The second-order valence-corrected chi connectivity index (χ2v) is 4.55. The number of rotatable bonds is 2. The van der Waals surface area contributed by atoms with Gasteiger partial charge in [-0.05, 0) is 17.7 Å². The number of nitrogens with one attached hydrogen (secondary N) is 1. The Kier molecular flexibility index (Phi) is 2.63. The number of aromatic nitrogens is 2. The molecule has 19 heavy (non-hydrogen) atoms. The Morgan fingerprint density at radius 3 is 2.89 bits per heavy atom. The molecule has 0 aliphatic carbocycles. The highest BCUT2D eigenvalue weighted by Crippen LogP contribution is 2.28. The molecule has 1 saturated heterocycles. The molecule has 3 rings (SSSR count). The van der Waals surface area contributed by atoms with Crippen LogP contribution in [0.4, 0.5) is 11.5 Å². The van der Waals surface area contributed by atoms with Crippen LogP contribution in [0.25, 0.3) is 11.1 Å². The summed E-state index contributed by atoms with van der Waals surface area (Å²) in [7, 11) is 1.81. The number of amides is 1. The number of nitrogens with two attached hydrogens (primary N) is 1. The zero-order chi connectivity index (χ0) is 13.4. The van der Waals surface area contributed by atoms with Crippen LogP contribution in [0, 0.1) is 0 Å². The number of hydrogen-bond donors (Lipinski definition) is 2. The highest BCUT2D eigenvalue weighted by molar-refractivity contribution is 5.82. The smallest absolute Gasteiger partial charge is 0.240 e. The maximum atomic E-state index is 11.3. The molecule has 1 amide bonds. The molecule has 1 fully saturated rings. The van der Waals surface area contributed by atoms with Crippen LogP contribution in [0.2, 0.25) is 0 Å². The van der Waals surface area contributed by atoms with E-state index >= 15 is 0 Å². The molecule has 6 nitrogen and oxygen atoms in total. The quantitative estimate of drug-likeness (QED) is 0.838. The highest BCUT2D eigenvalue weighted by atomic mass is 16.2. The van der Waals surface area contributed by atoms with Crippen LogP contribution in [-0.4, -0.2) is 22.2 Å². The Balaban J connectivity index is 1.96. The van der Waals surface area contributed by atoms with Gasteiger partial charge in [-0.2, -0.15) is 5.10 Å². The molecule has 1 aromatic carbocycles. The van der Waals surface area contributed by atoms with E-state index in [1.165, 1.54) is 0 Å². The molecule has 0 unspecified atom stereocenters. The number of anilines is 2. The lowest BCUT2D eigenvalue weighted by Crippen LogP contribution is -2.32. The van der Waals surface area contributed by atoms with Crippen molar-refractivity contribution in [1.29, 1.82) is 0 Å². The lowest BCUT2D eigenvalue weighted by atomic mass is 10.1. The summed E-state index contributed by atoms with van der Waals surface area (Å²) >= 11 is 0. The van der Waals surface area contributed by atoms with E-state index in [1.54, 1.807) is 10.9 Å². The number of carbonyl (C=O) groups is 1. The van der Waals surface area contributed by atoms with Gasteiger partial charge in [0.25, 0.3) is 0 Å². The second kappa shape index (κ2) is 4.31. The minimum absolute atomic E-state index is 0.0475. The van der Waals surface area contributed by atoms with Gasteiger partial charge < -0.3 is 5.73 Å². The van der Waals surface area contributed by atoms with E-state index in [0.717, 1.165) is 16.8 Å². The van der Waals surface area contributed by atoms with Gasteiger partial charge in [0, 0.05) is 25.6 Å². The summed E-state index contributed by atoms with van der Waals surface area (Å²) < 4.78 is 1.64. The molecular formula is C13H15N5O. The Bertz CT molecular complexity index is 634. The molecule has 1 aromatic heterocycles. The van der Waals surface area contributed by atoms with Gasteiger partial charge in [-0.1, -0.05) is 12.1 Å². The maximum Gasteiger partial charge on any atom is 0.240 e. The number of carbonyl (C=O) groups excluding carboxylic acids is 1. The van der Waals surface area contributed by atoms with Gasteiger partial charge in [-0.25, -0.2) is 0 Å². The van der Waals surface area contributed by atoms with E-state index < -0.39 is 0 Å². The van der Waals surface area contributed by atoms with E-state index in [0.29, 0.717) is 18.8 Å². The molecule has 1 aliphatic heterocycles. The first-order valence-corrected chi connectivity index (χ1v) is 6.10. The molecule has 0 saturated carbocycles. The summed E-state index contributed by atoms with van der Waals surface area (Å²) in [5, 5.41) is 5.99. The van der Waals surface area contributed by atoms with Gasteiger partial charge in [0.1, 0.15) is 5.82 Å². The SMILES string of the molecule is Cn1ncc(-c2cccc(N3CCC(=O)N3)c2)c1N. The van der Waals surface area contributed by atoms with E-state index in [9.17, 15) is 4.79 Å². The van der Waals surface area contributed by atoms with Crippen molar-refractivity contribution in [2.45, 2.75) is 6.42 Å². The maximum absolute atomic E-state index is 11.3. The van der Waals surface area contributed by atoms with Crippen molar-refractivity contribution in [2.24, 2.45) is 7.05 Å². The molecule has 2 aromatic rings. The predicted molar refractivity (Wildman–Crippen MR) is 73.2 cm³/mol. The summed E-state index contributed by atoms with van der Waals surface area (Å²) in [5.74, 6) is 0.675. The van der Waals surface area contributed by atoms with Gasteiger partial charge >= 0.3 is 0 Å². The van der Waals surface area contributed by atoms with Gasteiger partial charge in [-0.15, -0.1) is 0 Å². The normalized spacial score (nSPS) is 14.8. The van der Waals surface area contributed by atoms with Crippen molar-refractivity contribution >= 4 is 17.4 Å². The molecule has 0 radical (unpaired) electrons. The van der Waals surface area contributed by atoms with Crippen molar-refractivity contribution < 1.29 is 4.79 Å². The number of nitrogens with zero attached hydrogens (tertiary/aromatic N) is 3. The molecule has 0 spiro atoms. The average molecular weight is 257 g/mol. The summed E-state index contributed by atoms with van der Waals surface area (Å²) in [5.41, 5.74) is 11.6. The number of aryl methyl sites for hydroxylation is 1. The first-order valence-electron chi connectivity index (χ1n) is 6.10. The molecule has 98 valence electrons. The van der Waals surface area contributed by atoms with Crippen LogP contribution in [0.5, 0.6) is 0 Å². The third-order valence-electron chi connectivity index (χ3n) is 3.28. The minimum Gasteiger partial charge on any atom is -0.383 e. The Morgan fingerprint density at radius 1 is 1.42 bits per heavy atom. The largest absolute Gasteiger partial charge is 0.383 e. The van der Waals surface area contributed by atoms with E-state index in [-0.39, 0.29) is 5.91 Å². The monoisotopic (exact) mass is 257 g/mol. The van der Waals surface area contributed by atoms with Crippen molar-refractivity contribution in [1.82, 2.24) is 15.2 Å². The van der Waals surface area contributed by atoms with Crippen LogP contribution in [0.1, 0.15) is 6.42 Å². The van der Waals surface area contributed by atoms with Crippen LogP contribution >= 0.6 is 0 Å². The summed E-state index contributed by atoms with van der Waals surface area (Å²) in [6.45, 7) is 0.685. The topological polar surface area (TPSA) is 76.2 Å². The van der Waals surface area contributed by atoms with Gasteiger partial charge in [-0.3, -0.25) is 19.9 Å². The first-order chi connectivity index (χ1) is 9.15. The van der Waals surface area contributed by atoms with Crippen molar-refractivity contribution in [3.8, 4) is 11.1 Å². The standard InChI is InChI=1S/C13H15N5O/c1-17-13(14)11(8-15-17)9-3-2-4-10(7-9)18-6-5-12(19)16-18/h2-4,7-8H,5-6,14H2,1H3,(H,16,19). The fraction of sp³-hybridized carbons (Fsp3) is 0.231. The summed E-state index contributed by atoms with van der Waals surface area (Å²) in [6, 6.07) is 7.89. The highest BCUT2D eigenvalue weighted by Gasteiger charge is 2.19. The van der Waals surface area contributed by atoms with Gasteiger partial charge in [0.05, 0.1) is 11.9 Å². The van der Waals surface area contributed by atoms with Crippen LogP contribution in [0.3, 0.4) is 0 Å². The molecule has 2 heterocycles. The van der Waals surface area contributed by atoms with E-state index in [2.05, 4.69) is 10.5 Å². The summed E-state index contributed by atoms with van der Waals surface area (Å²) in [4.78, 5) is 11.3. The minimum atomic E-state index is 0.0475. The molecule has 1 aliphatic rings. The predicted octanol–water partition coefficient (Wildman–Crippen LogP) is 0.911. The van der Waals surface area contributed by atoms with Crippen LogP contribution in [0.15, 0.2) is 30.5 Å². The lowest BCUT2D eigenvalue weighted by molar-refractivity contribution is -0.119. The first kappa shape index (κ1) is 11.6. The Hall–Kier alpha value is -2.50. The average Bonchev–Trinajstić information content (AvgIpc) is 2.98. The Morgan fingerprint density at radius 2 is 2.26 bits per heavy atom. The summed E-state index contributed by atoms with van der Waals surface area (Å²) in [6.07, 6.45) is 2.27. The number of hydrazine groups is 1. The van der Waals surface area contributed by atoms with Crippen LogP contribution < -0.4 is 16.2 Å². The van der Waals surface area contributed by atoms with Crippen LogP contribution in [-0.2, 0) is 11.8 Å². The Labute approximate surface area is 110 Å². The number of benzene rings is 1. The van der Waals surface area contributed by atoms with E-state index in [4.69, 9.17) is 5.73 Å². The molecule has 6 heteroatoms. The molecule has 0 bridgehead atoms. The lowest BCUT2D eigenvalue weighted by Gasteiger charge is -2.17. The zero-order valence-electron chi connectivity index (χ0n) is 10.6. The van der Waals surface area contributed by atoms with E-state index in [1.807, 2.05) is 36.3 Å². The van der Waals surface area contributed by atoms with Gasteiger partial charge in [0.2, 0.25) is 5.91 Å². The molecule has 3 N–H and O–H groups in total. The fourth-order valence-corrected chi connectivity index (χ4v) is 2.18. The van der Waals surface area contributed by atoms with Gasteiger partial charge in [0.15, 0.2) is 0 Å². The second-order valence-electron chi connectivity index (χ2n) is 4.55. The third-order valence-corrected chi connectivity index (χ3v) is 3.28. The third kappa shape index (κ3) is 2.01. The fourth-order valence-electron chi connectivity index (χ4n) is 2.18. The molecular weight excluding hydrogens is 242 g/mol. The number of hydrogen-bond acceptors (Lipinski definition) is 4. The van der Waals surface area contributed by atoms with Crippen molar-refractivity contribution in [3.63, 3.8) is 0 Å².